The van der Waals surface area contributed by atoms with Gasteiger partial charge in [0.1, 0.15) is 0 Å². The molecular weight excluding hydrogens is 220 g/mol. The lowest BCUT2D eigenvalue weighted by Crippen LogP contribution is -2.43. The van der Waals surface area contributed by atoms with Gasteiger partial charge in [-0.1, -0.05) is 12.2 Å². The third-order valence-electron chi connectivity index (χ3n) is 2.16. The minimum atomic E-state index is -3.16. The van der Waals surface area contributed by atoms with Crippen molar-refractivity contribution in [2.45, 2.75) is 38.0 Å². The van der Waals surface area contributed by atoms with E-state index < -0.39 is 10.0 Å². The summed E-state index contributed by atoms with van der Waals surface area (Å²) in [5, 5.41) is -0.195. The Morgan fingerprint density at radius 2 is 2.07 bits per heavy atom. The van der Waals surface area contributed by atoms with Gasteiger partial charge in [-0.15, -0.1) is 0 Å². The molecule has 0 heterocycles. The van der Waals surface area contributed by atoms with Gasteiger partial charge in [0, 0.05) is 6.04 Å². The SMILES string of the molecule is CC(C)N(CC(N)=S)S(=O)(=O)C1CC1. The molecule has 1 fully saturated rings. The summed E-state index contributed by atoms with van der Waals surface area (Å²) in [7, 11) is -3.16. The van der Waals surface area contributed by atoms with Gasteiger partial charge < -0.3 is 5.73 Å². The van der Waals surface area contributed by atoms with Crippen LogP contribution in [0, 0.1) is 0 Å². The van der Waals surface area contributed by atoms with Crippen molar-refractivity contribution in [1.29, 1.82) is 0 Å². The van der Waals surface area contributed by atoms with E-state index in [1.165, 1.54) is 4.31 Å². The van der Waals surface area contributed by atoms with Crippen LogP contribution in [0.15, 0.2) is 0 Å². The topological polar surface area (TPSA) is 63.4 Å². The molecule has 1 rings (SSSR count). The van der Waals surface area contributed by atoms with Gasteiger partial charge in [-0.2, -0.15) is 4.31 Å². The molecule has 0 aromatic heterocycles. The van der Waals surface area contributed by atoms with Crippen LogP contribution in [0.4, 0.5) is 0 Å². The normalized spacial score (nSPS) is 17.7. The molecule has 0 atom stereocenters. The first-order valence-electron chi connectivity index (χ1n) is 4.64. The Bertz CT molecular complexity index is 320. The second-order valence-electron chi connectivity index (χ2n) is 3.85. The first kappa shape index (κ1) is 11.9. The lowest BCUT2D eigenvalue weighted by atomic mass is 10.4. The molecular formula is C8H16N2O2S2. The molecule has 1 saturated carbocycles. The minimum absolute atomic E-state index is 0.0814. The highest BCUT2D eigenvalue weighted by molar-refractivity contribution is 7.90. The Balaban J connectivity index is 2.81. The van der Waals surface area contributed by atoms with Crippen molar-refractivity contribution >= 4 is 27.2 Å². The van der Waals surface area contributed by atoms with Crippen LogP contribution in [-0.2, 0) is 10.0 Å². The molecule has 0 aromatic rings. The maximum Gasteiger partial charge on any atom is 0.217 e. The van der Waals surface area contributed by atoms with Crippen molar-refractivity contribution in [3.8, 4) is 0 Å². The van der Waals surface area contributed by atoms with Crippen molar-refractivity contribution in [3.63, 3.8) is 0 Å². The maximum atomic E-state index is 11.9. The molecule has 0 amide bonds. The van der Waals surface area contributed by atoms with Crippen LogP contribution in [0.2, 0.25) is 0 Å². The van der Waals surface area contributed by atoms with Crippen molar-refractivity contribution < 1.29 is 8.42 Å². The standard InChI is InChI=1S/C8H16N2O2S2/c1-6(2)10(5-8(9)13)14(11,12)7-3-4-7/h6-7H,3-5H2,1-2H3,(H2,9,13). The lowest BCUT2D eigenvalue weighted by Gasteiger charge is -2.25. The van der Waals surface area contributed by atoms with E-state index in [4.69, 9.17) is 18.0 Å². The summed E-state index contributed by atoms with van der Waals surface area (Å²) in [6.45, 7) is 3.82. The van der Waals surface area contributed by atoms with Crippen LogP contribution in [0.25, 0.3) is 0 Å². The van der Waals surface area contributed by atoms with Crippen LogP contribution in [0.3, 0.4) is 0 Å². The first-order chi connectivity index (χ1) is 6.35. The van der Waals surface area contributed by atoms with Gasteiger partial charge in [0.15, 0.2) is 0 Å². The predicted octanol–water partition coefficient (Wildman–Crippen LogP) is 0.475. The zero-order chi connectivity index (χ0) is 10.9. The van der Waals surface area contributed by atoms with E-state index in [2.05, 4.69) is 0 Å². The molecule has 0 unspecified atom stereocenters. The molecule has 0 radical (unpaired) electrons. The summed E-state index contributed by atoms with van der Waals surface area (Å²) in [4.78, 5) is 0.225. The summed E-state index contributed by atoms with van der Waals surface area (Å²) in [5.41, 5.74) is 5.37. The van der Waals surface area contributed by atoms with Gasteiger partial charge >= 0.3 is 0 Å². The van der Waals surface area contributed by atoms with Crippen molar-refractivity contribution in [2.75, 3.05) is 6.54 Å². The fourth-order valence-electron chi connectivity index (χ4n) is 1.28. The highest BCUT2D eigenvalue weighted by atomic mass is 32.2. The van der Waals surface area contributed by atoms with Crippen LogP contribution in [0.5, 0.6) is 0 Å². The van der Waals surface area contributed by atoms with Gasteiger partial charge in [-0.05, 0) is 26.7 Å². The van der Waals surface area contributed by atoms with E-state index in [0.29, 0.717) is 0 Å². The number of rotatable bonds is 5. The number of hydrogen-bond donors (Lipinski definition) is 1. The predicted molar refractivity (Wildman–Crippen MR) is 60.6 cm³/mol. The first-order valence-corrected chi connectivity index (χ1v) is 6.56. The number of hydrogen-bond acceptors (Lipinski definition) is 3. The highest BCUT2D eigenvalue weighted by Gasteiger charge is 2.41. The Morgan fingerprint density at radius 3 is 2.36 bits per heavy atom. The molecule has 1 aliphatic rings. The Kier molecular flexibility index (Phi) is 3.49. The van der Waals surface area contributed by atoms with E-state index >= 15 is 0 Å². The van der Waals surface area contributed by atoms with E-state index in [-0.39, 0.29) is 22.8 Å². The number of sulfonamides is 1. The van der Waals surface area contributed by atoms with E-state index in [1.807, 2.05) is 13.8 Å². The van der Waals surface area contributed by atoms with Crippen LogP contribution in [-0.4, -0.2) is 35.5 Å². The van der Waals surface area contributed by atoms with Gasteiger partial charge in [0.2, 0.25) is 10.0 Å². The fourth-order valence-corrected chi connectivity index (χ4v) is 3.52. The molecule has 0 bridgehead atoms. The van der Waals surface area contributed by atoms with E-state index in [1.54, 1.807) is 0 Å². The van der Waals surface area contributed by atoms with Crippen molar-refractivity contribution in [1.82, 2.24) is 4.31 Å². The summed E-state index contributed by atoms with van der Waals surface area (Å²) < 4.78 is 25.2. The molecule has 0 aromatic carbocycles. The third kappa shape index (κ3) is 2.65. The average molecular weight is 236 g/mol. The van der Waals surface area contributed by atoms with Crippen molar-refractivity contribution in [2.24, 2.45) is 5.73 Å². The third-order valence-corrected chi connectivity index (χ3v) is 4.81. The number of nitrogens with two attached hydrogens (primary N) is 1. The Labute approximate surface area is 90.5 Å². The van der Waals surface area contributed by atoms with Gasteiger partial charge in [-0.3, -0.25) is 0 Å². The second kappa shape index (κ2) is 4.12. The van der Waals surface area contributed by atoms with E-state index in [9.17, 15) is 8.42 Å². The molecule has 0 saturated heterocycles. The van der Waals surface area contributed by atoms with Crippen LogP contribution >= 0.6 is 12.2 Å². The molecule has 0 spiro atoms. The minimum Gasteiger partial charge on any atom is -0.392 e. The molecule has 1 aliphatic carbocycles. The van der Waals surface area contributed by atoms with Crippen LogP contribution in [0.1, 0.15) is 26.7 Å². The summed E-state index contributed by atoms with van der Waals surface area (Å²) in [5.74, 6) is 0. The summed E-state index contributed by atoms with van der Waals surface area (Å²) in [6.07, 6.45) is 1.53. The number of nitrogens with zero attached hydrogens (tertiary/aromatic N) is 1. The number of thiocarbonyl (C=S) groups is 1. The zero-order valence-electron chi connectivity index (χ0n) is 8.43. The smallest absolute Gasteiger partial charge is 0.217 e. The van der Waals surface area contributed by atoms with E-state index in [0.717, 1.165) is 12.8 Å². The van der Waals surface area contributed by atoms with Crippen molar-refractivity contribution in [3.05, 3.63) is 0 Å². The Morgan fingerprint density at radius 1 is 1.57 bits per heavy atom. The fraction of sp³-hybridized carbons (Fsp3) is 0.875. The molecule has 14 heavy (non-hydrogen) atoms. The molecule has 6 heteroatoms. The molecule has 4 nitrogen and oxygen atoms in total. The largest absolute Gasteiger partial charge is 0.392 e. The zero-order valence-corrected chi connectivity index (χ0v) is 10.1. The highest BCUT2D eigenvalue weighted by Crippen LogP contribution is 2.31. The summed E-state index contributed by atoms with van der Waals surface area (Å²) >= 11 is 4.74. The van der Waals surface area contributed by atoms with Gasteiger partial charge in [0.05, 0.1) is 16.8 Å². The van der Waals surface area contributed by atoms with Gasteiger partial charge in [0.25, 0.3) is 0 Å². The summed E-state index contributed by atoms with van der Waals surface area (Å²) in [6, 6.07) is -0.0814. The maximum absolute atomic E-state index is 11.9. The average Bonchev–Trinajstić information content (AvgIpc) is 2.80. The molecule has 2 N–H and O–H groups in total. The quantitative estimate of drug-likeness (QED) is 0.705. The Hall–Kier alpha value is -0.200. The molecule has 82 valence electrons. The monoisotopic (exact) mass is 236 g/mol. The lowest BCUT2D eigenvalue weighted by molar-refractivity contribution is 0.390. The van der Waals surface area contributed by atoms with Gasteiger partial charge in [-0.25, -0.2) is 8.42 Å². The second-order valence-corrected chi connectivity index (χ2v) is 6.54. The van der Waals surface area contributed by atoms with Crippen LogP contribution < -0.4 is 5.73 Å². The molecule has 0 aliphatic heterocycles.